The Morgan fingerprint density at radius 2 is 2.21 bits per heavy atom. The highest BCUT2D eigenvalue weighted by atomic mass is 16.6. The molecule has 0 aliphatic carbocycles. The van der Waals surface area contributed by atoms with Crippen LogP contribution in [-0.4, -0.2) is 61.9 Å². The predicted molar refractivity (Wildman–Crippen MR) is 76.1 cm³/mol. The summed E-state index contributed by atoms with van der Waals surface area (Å²) in [6.45, 7) is 9.63. The number of amides is 1. The number of nitrogens with one attached hydrogen (secondary N) is 2. The Morgan fingerprint density at radius 3 is 2.84 bits per heavy atom. The van der Waals surface area contributed by atoms with Crippen LogP contribution < -0.4 is 16.4 Å². The predicted octanol–water partition coefficient (Wildman–Crippen LogP) is 0.134. The molecule has 1 heterocycles. The van der Waals surface area contributed by atoms with Crippen LogP contribution in [-0.2, 0) is 4.74 Å². The minimum atomic E-state index is -0.464. The summed E-state index contributed by atoms with van der Waals surface area (Å²) in [4.78, 5) is 13.8. The Bertz CT molecular complexity index is 304. The minimum Gasteiger partial charge on any atom is -0.444 e. The maximum absolute atomic E-state index is 11.5. The second-order valence-corrected chi connectivity index (χ2v) is 6.46. The van der Waals surface area contributed by atoms with Crippen LogP contribution >= 0.6 is 0 Å². The van der Waals surface area contributed by atoms with Crippen molar-refractivity contribution in [3.8, 4) is 0 Å². The molecule has 1 aliphatic rings. The molecular weight excluding hydrogens is 244 g/mol. The first-order chi connectivity index (χ1) is 8.70. The van der Waals surface area contributed by atoms with Crippen LogP contribution in [0.15, 0.2) is 0 Å². The Morgan fingerprint density at radius 1 is 1.53 bits per heavy atom. The summed E-state index contributed by atoms with van der Waals surface area (Å²) in [5.74, 6) is 0. The van der Waals surface area contributed by atoms with E-state index in [-0.39, 0.29) is 11.6 Å². The second-order valence-electron chi connectivity index (χ2n) is 6.46. The van der Waals surface area contributed by atoms with Gasteiger partial charge in [0.25, 0.3) is 0 Å². The molecule has 0 bridgehead atoms. The quantitative estimate of drug-likeness (QED) is 0.681. The van der Waals surface area contributed by atoms with Crippen LogP contribution in [0.2, 0.25) is 0 Å². The van der Waals surface area contributed by atoms with Crippen LogP contribution in [0.5, 0.6) is 0 Å². The number of hydrogen-bond acceptors (Lipinski definition) is 5. The zero-order valence-corrected chi connectivity index (χ0v) is 12.6. The molecule has 6 heteroatoms. The molecule has 19 heavy (non-hydrogen) atoms. The van der Waals surface area contributed by atoms with E-state index >= 15 is 0 Å². The fourth-order valence-corrected chi connectivity index (χ4v) is 2.17. The van der Waals surface area contributed by atoms with Gasteiger partial charge in [-0.1, -0.05) is 0 Å². The Balaban J connectivity index is 2.32. The van der Waals surface area contributed by atoms with Gasteiger partial charge in [0.05, 0.1) is 0 Å². The lowest BCUT2D eigenvalue weighted by Crippen LogP contribution is -2.54. The second kappa shape index (κ2) is 6.54. The van der Waals surface area contributed by atoms with Crippen molar-refractivity contribution >= 4 is 6.09 Å². The molecule has 4 N–H and O–H groups in total. The van der Waals surface area contributed by atoms with Gasteiger partial charge in [-0.3, -0.25) is 0 Å². The Labute approximate surface area is 116 Å². The van der Waals surface area contributed by atoms with Gasteiger partial charge in [-0.25, -0.2) is 4.79 Å². The van der Waals surface area contributed by atoms with Crippen molar-refractivity contribution in [3.63, 3.8) is 0 Å². The zero-order valence-electron chi connectivity index (χ0n) is 12.6. The lowest BCUT2D eigenvalue weighted by molar-refractivity contribution is 0.0523. The molecule has 0 aromatic heterocycles. The van der Waals surface area contributed by atoms with Gasteiger partial charge in [-0.2, -0.15) is 0 Å². The van der Waals surface area contributed by atoms with E-state index in [2.05, 4.69) is 22.6 Å². The Kier molecular flexibility index (Phi) is 5.58. The van der Waals surface area contributed by atoms with Crippen molar-refractivity contribution < 1.29 is 9.53 Å². The van der Waals surface area contributed by atoms with Crippen molar-refractivity contribution in [2.24, 2.45) is 5.73 Å². The van der Waals surface area contributed by atoms with Crippen molar-refractivity contribution in [1.29, 1.82) is 0 Å². The van der Waals surface area contributed by atoms with Crippen LogP contribution in [0.4, 0.5) is 4.79 Å². The van der Waals surface area contributed by atoms with Gasteiger partial charge in [-0.05, 0) is 34.2 Å². The third kappa shape index (κ3) is 6.75. The molecule has 1 saturated heterocycles. The van der Waals surface area contributed by atoms with Gasteiger partial charge >= 0.3 is 6.09 Å². The topological polar surface area (TPSA) is 79.6 Å². The number of rotatable bonds is 3. The minimum absolute atomic E-state index is 0.305. The molecule has 0 aromatic rings. The number of likely N-dealkylation sites (N-methyl/N-ethyl adjacent to an activating group) is 1. The number of ether oxygens (including phenoxy) is 1. The van der Waals surface area contributed by atoms with E-state index in [1.165, 1.54) is 0 Å². The molecule has 6 nitrogen and oxygen atoms in total. The highest BCUT2D eigenvalue weighted by molar-refractivity contribution is 5.67. The van der Waals surface area contributed by atoms with Crippen LogP contribution in [0.1, 0.15) is 27.2 Å². The first kappa shape index (κ1) is 16.2. The summed E-state index contributed by atoms with van der Waals surface area (Å²) in [5, 5.41) is 6.09. The summed E-state index contributed by atoms with van der Waals surface area (Å²) in [6.07, 6.45) is 0.342. The van der Waals surface area contributed by atoms with E-state index in [1.54, 1.807) is 0 Å². The normalized spacial score (nSPS) is 25.7. The van der Waals surface area contributed by atoms with Crippen molar-refractivity contribution in [2.45, 2.75) is 38.3 Å². The molecule has 0 spiro atoms. The van der Waals surface area contributed by atoms with Crippen LogP contribution in [0, 0.1) is 0 Å². The van der Waals surface area contributed by atoms with E-state index in [0.717, 1.165) is 32.6 Å². The van der Waals surface area contributed by atoms with Gasteiger partial charge in [0.2, 0.25) is 0 Å². The SMILES string of the molecule is CN1CCNCC(N)(CCNC(=O)OC(C)(C)C)C1. The van der Waals surface area contributed by atoms with E-state index in [9.17, 15) is 4.79 Å². The number of carbonyl (C=O) groups is 1. The molecule has 112 valence electrons. The number of nitrogens with zero attached hydrogens (tertiary/aromatic N) is 1. The summed E-state index contributed by atoms with van der Waals surface area (Å²) in [7, 11) is 2.07. The highest BCUT2D eigenvalue weighted by Crippen LogP contribution is 2.10. The average molecular weight is 272 g/mol. The third-order valence-corrected chi connectivity index (χ3v) is 3.02. The van der Waals surface area contributed by atoms with Crippen LogP contribution in [0.25, 0.3) is 0 Å². The number of hydrogen-bond donors (Lipinski definition) is 3. The molecule has 1 aliphatic heterocycles. The van der Waals surface area contributed by atoms with Gasteiger partial charge in [0.15, 0.2) is 0 Å². The summed E-state index contributed by atoms with van der Waals surface area (Å²) < 4.78 is 5.19. The van der Waals surface area contributed by atoms with Crippen molar-refractivity contribution in [2.75, 3.05) is 39.8 Å². The molecule has 0 saturated carbocycles. The molecule has 1 amide bonds. The van der Waals surface area contributed by atoms with E-state index in [1.807, 2.05) is 20.8 Å². The molecule has 0 aromatic carbocycles. The zero-order chi connectivity index (χ0) is 14.5. The van der Waals surface area contributed by atoms with E-state index in [4.69, 9.17) is 10.5 Å². The first-order valence-electron chi connectivity index (χ1n) is 6.85. The Hall–Kier alpha value is -0.850. The van der Waals surface area contributed by atoms with E-state index < -0.39 is 5.60 Å². The maximum atomic E-state index is 11.5. The van der Waals surface area contributed by atoms with Gasteiger partial charge < -0.3 is 26.0 Å². The van der Waals surface area contributed by atoms with Gasteiger partial charge in [0, 0.05) is 38.3 Å². The smallest absolute Gasteiger partial charge is 0.407 e. The standard InChI is InChI=1S/C13H28N4O2/c1-12(2,3)19-11(18)16-6-5-13(14)9-15-7-8-17(4)10-13/h15H,5-10,14H2,1-4H3,(H,16,18). The van der Waals surface area contributed by atoms with Crippen molar-refractivity contribution in [3.05, 3.63) is 0 Å². The van der Waals surface area contributed by atoms with Crippen molar-refractivity contribution in [1.82, 2.24) is 15.5 Å². The van der Waals surface area contributed by atoms with E-state index in [0.29, 0.717) is 6.54 Å². The highest BCUT2D eigenvalue weighted by Gasteiger charge is 2.28. The molecule has 1 atom stereocenters. The number of nitrogens with two attached hydrogens (primary N) is 1. The molecule has 1 rings (SSSR count). The van der Waals surface area contributed by atoms with Crippen LogP contribution in [0.3, 0.4) is 0 Å². The summed E-state index contributed by atoms with van der Waals surface area (Å²) >= 11 is 0. The van der Waals surface area contributed by atoms with Gasteiger partial charge in [-0.15, -0.1) is 0 Å². The molecule has 1 unspecified atom stereocenters. The monoisotopic (exact) mass is 272 g/mol. The molecule has 1 fully saturated rings. The molecular formula is C13H28N4O2. The maximum Gasteiger partial charge on any atom is 0.407 e. The van der Waals surface area contributed by atoms with Gasteiger partial charge in [0.1, 0.15) is 5.60 Å². The lowest BCUT2D eigenvalue weighted by atomic mass is 9.96. The molecule has 0 radical (unpaired) electrons. The number of carbonyl (C=O) groups excluding carboxylic acids is 1. The summed E-state index contributed by atoms with van der Waals surface area (Å²) in [6, 6.07) is 0. The first-order valence-corrected chi connectivity index (χ1v) is 6.85. The largest absolute Gasteiger partial charge is 0.444 e. The fourth-order valence-electron chi connectivity index (χ4n) is 2.17. The average Bonchev–Trinajstić information content (AvgIpc) is 2.37. The fraction of sp³-hybridized carbons (Fsp3) is 0.923. The third-order valence-electron chi connectivity index (χ3n) is 3.02. The summed E-state index contributed by atoms with van der Waals surface area (Å²) in [5.41, 5.74) is 5.60. The number of alkyl carbamates (subject to hydrolysis) is 1. The lowest BCUT2D eigenvalue weighted by Gasteiger charge is -2.31.